The van der Waals surface area contributed by atoms with Gasteiger partial charge in [0.25, 0.3) is 0 Å². The zero-order valence-electron chi connectivity index (χ0n) is 7.70. The highest BCUT2D eigenvalue weighted by Crippen LogP contribution is 2.00. The Morgan fingerprint density at radius 2 is 2.00 bits per heavy atom. The van der Waals surface area contributed by atoms with Gasteiger partial charge < -0.3 is 10.0 Å². The summed E-state index contributed by atoms with van der Waals surface area (Å²) in [6.07, 6.45) is 0.775. The summed E-state index contributed by atoms with van der Waals surface area (Å²) in [5.74, 6) is -1.15. The summed E-state index contributed by atoms with van der Waals surface area (Å²) in [6.45, 7) is 5.31. The van der Waals surface area contributed by atoms with Gasteiger partial charge in [-0.05, 0) is 13.3 Å². The molecule has 0 aromatic rings. The summed E-state index contributed by atoms with van der Waals surface area (Å²) in [6, 6.07) is -0.720. The fourth-order valence-corrected chi connectivity index (χ4v) is 0.998. The lowest BCUT2D eigenvalue weighted by molar-refractivity contribution is -0.148. The van der Waals surface area contributed by atoms with Crippen LogP contribution >= 0.6 is 0 Å². The zero-order valence-corrected chi connectivity index (χ0v) is 7.70. The Balaban J connectivity index is 4.28. The smallest absolute Gasteiger partial charge is 0.326 e. The number of aliphatic carboxylic acids is 1. The topological polar surface area (TPSA) is 57.6 Å². The van der Waals surface area contributed by atoms with Crippen molar-refractivity contribution < 1.29 is 14.7 Å². The molecular weight excluding hydrogens is 158 g/mol. The minimum Gasteiger partial charge on any atom is -0.480 e. The van der Waals surface area contributed by atoms with E-state index in [1.807, 2.05) is 6.92 Å². The number of carboxylic acid groups (broad SMARTS) is 1. The van der Waals surface area contributed by atoms with Gasteiger partial charge in [0, 0.05) is 13.5 Å². The van der Waals surface area contributed by atoms with Crippen molar-refractivity contribution in [3.05, 3.63) is 0 Å². The van der Waals surface area contributed by atoms with E-state index in [-0.39, 0.29) is 5.91 Å². The van der Waals surface area contributed by atoms with Crippen molar-refractivity contribution in [3.8, 4) is 0 Å². The van der Waals surface area contributed by atoms with E-state index in [0.717, 1.165) is 6.42 Å². The summed E-state index contributed by atoms with van der Waals surface area (Å²) >= 11 is 0. The van der Waals surface area contributed by atoms with Crippen LogP contribution < -0.4 is 0 Å². The quantitative estimate of drug-likeness (QED) is 0.681. The van der Waals surface area contributed by atoms with E-state index < -0.39 is 12.0 Å². The third-order valence-electron chi connectivity index (χ3n) is 1.69. The third-order valence-corrected chi connectivity index (χ3v) is 1.69. The van der Waals surface area contributed by atoms with Gasteiger partial charge in [0.05, 0.1) is 0 Å². The molecule has 0 fully saturated rings. The van der Waals surface area contributed by atoms with Gasteiger partial charge in [0.1, 0.15) is 6.04 Å². The van der Waals surface area contributed by atoms with Crippen molar-refractivity contribution in [1.29, 1.82) is 0 Å². The molecule has 1 N–H and O–H groups in total. The summed E-state index contributed by atoms with van der Waals surface area (Å²) in [7, 11) is 0. The fourth-order valence-electron chi connectivity index (χ4n) is 0.998. The predicted molar refractivity (Wildman–Crippen MR) is 44.8 cm³/mol. The van der Waals surface area contributed by atoms with E-state index >= 15 is 0 Å². The Morgan fingerprint density at radius 1 is 1.50 bits per heavy atom. The number of rotatable bonds is 4. The van der Waals surface area contributed by atoms with Crippen LogP contribution in [-0.2, 0) is 9.59 Å². The largest absolute Gasteiger partial charge is 0.480 e. The van der Waals surface area contributed by atoms with Crippen LogP contribution in [0.25, 0.3) is 0 Å². The number of carbonyl (C=O) groups is 2. The normalized spacial score (nSPS) is 12.2. The first kappa shape index (κ1) is 10.9. The maximum absolute atomic E-state index is 10.9. The molecule has 4 heteroatoms. The van der Waals surface area contributed by atoms with E-state index in [9.17, 15) is 9.59 Å². The summed E-state index contributed by atoms with van der Waals surface area (Å²) in [5.41, 5.74) is 0. The van der Waals surface area contributed by atoms with Crippen molar-refractivity contribution in [1.82, 2.24) is 4.90 Å². The van der Waals surface area contributed by atoms with Crippen molar-refractivity contribution in [2.45, 2.75) is 33.2 Å². The second kappa shape index (κ2) is 4.74. The first-order valence-corrected chi connectivity index (χ1v) is 4.00. The Labute approximate surface area is 72.2 Å². The number of carbonyl (C=O) groups excluding carboxylic acids is 1. The molecule has 0 aliphatic rings. The van der Waals surface area contributed by atoms with E-state index in [0.29, 0.717) is 6.54 Å². The highest BCUT2D eigenvalue weighted by molar-refractivity contribution is 5.81. The maximum Gasteiger partial charge on any atom is 0.326 e. The SMILES string of the molecule is CCCN(C(C)=O)[C@@H](C)C(=O)O. The van der Waals surface area contributed by atoms with E-state index in [4.69, 9.17) is 5.11 Å². The van der Waals surface area contributed by atoms with Gasteiger partial charge >= 0.3 is 5.97 Å². The van der Waals surface area contributed by atoms with Crippen LogP contribution in [0.1, 0.15) is 27.2 Å². The highest BCUT2D eigenvalue weighted by atomic mass is 16.4. The average molecular weight is 173 g/mol. The molecule has 0 heterocycles. The number of hydrogen-bond donors (Lipinski definition) is 1. The molecule has 0 aromatic carbocycles. The molecule has 0 bridgehead atoms. The van der Waals surface area contributed by atoms with E-state index in [1.54, 1.807) is 0 Å². The van der Waals surface area contributed by atoms with Crippen LogP contribution in [0, 0.1) is 0 Å². The molecule has 1 amide bonds. The minimum absolute atomic E-state index is 0.188. The second-order valence-electron chi connectivity index (χ2n) is 2.73. The van der Waals surface area contributed by atoms with Crippen LogP contribution in [0.15, 0.2) is 0 Å². The van der Waals surface area contributed by atoms with Gasteiger partial charge in [0.15, 0.2) is 0 Å². The van der Waals surface area contributed by atoms with Crippen LogP contribution in [0.5, 0.6) is 0 Å². The lowest BCUT2D eigenvalue weighted by atomic mass is 10.2. The van der Waals surface area contributed by atoms with Gasteiger partial charge in [-0.15, -0.1) is 0 Å². The minimum atomic E-state index is -0.960. The monoisotopic (exact) mass is 173 g/mol. The van der Waals surface area contributed by atoms with E-state index in [2.05, 4.69) is 0 Å². The molecule has 70 valence electrons. The Morgan fingerprint density at radius 3 is 2.25 bits per heavy atom. The predicted octanol–water partition coefficient (Wildman–Crippen LogP) is 0.718. The summed E-state index contributed by atoms with van der Waals surface area (Å²) in [5, 5.41) is 8.63. The first-order chi connectivity index (χ1) is 5.50. The highest BCUT2D eigenvalue weighted by Gasteiger charge is 2.21. The molecule has 0 spiro atoms. The van der Waals surface area contributed by atoms with Gasteiger partial charge in [-0.3, -0.25) is 4.79 Å². The van der Waals surface area contributed by atoms with Crippen molar-refractivity contribution in [3.63, 3.8) is 0 Å². The number of hydrogen-bond acceptors (Lipinski definition) is 2. The standard InChI is InChI=1S/C8H15NO3/c1-4-5-9(7(3)10)6(2)8(11)12/h6H,4-5H2,1-3H3,(H,11,12)/t6-/m0/s1. The number of nitrogens with zero attached hydrogens (tertiary/aromatic N) is 1. The molecule has 0 aliphatic carbocycles. The molecule has 0 rings (SSSR count). The first-order valence-electron chi connectivity index (χ1n) is 4.00. The maximum atomic E-state index is 10.9. The van der Waals surface area contributed by atoms with E-state index in [1.165, 1.54) is 18.7 Å². The number of carboxylic acids is 1. The molecule has 1 atom stereocenters. The third kappa shape index (κ3) is 2.90. The molecule has 0 aliphatic heterocycles. The van der Waals surface area contributed by atoms with Crippen molar-refractivity contribution >= 4 is 11.9 Å². The van der Waals surface area contributed by atoms with Gasteiger partial charge in [-0.2, -0.15) is 0 Å². The summed E-state index contributed by atoms with van der Waals surface area (Å²) in [4.78, 5) is 22.8. The molecule has 4 nitrogen and oxygen atoms in total. The summed E-state index contributed by atoms with van der Waals surface area (Å²) < 4.78 is 0. The average Bonchev–Trinajstić information content (AvgIpc) is 1.98. The van der Waals surface area contributed by atoms with Gasteiger partial charge in [-0.25, -0.2) is 4.79 Å². The van der Waals surface area contributed by atoms with Gasteiger partial charge in [-0.1, -0.05) is 6.92 Å². The molecule has 0 radical (unpaired) electrons. The Bertz CT molecular complexity index is 179. The molecule has 0 aromatic heterocycles. The molecule has 0 unspecified atom stereocenters. The second-order valence-corrected chi connectivity index (χ2v) is 2.73. The Hall–Kier alpha value is -1.06. The fraction of sp³-hybridized carbons (Fsp3) is 0.750. The lowest BCUT2D eigenvalue weighted by Gasteiger charge is -2.24. The van der Waals surface area contributed by atoms with Crippen LogP contribution in [-0.4, -0.2) is 34.5 Å². The molecule has 12 heavy (non-hydrogen) atoms. The van der Waals surface area contributed by atoms with Crippen LogP contribution in [0.4, 0.5) is 0 Å². The Kier molecular flexibility index (Phi) is 4.33. The van der Waals surface area contributed by atoms with Gasteiger partial charge in [0.2, 0.25) is 5.91 Å². The lowest BCUT2D eigenvalue weighted by Crippen LogP contribution is -2.42. The van der Waals surface area contributed by atoms with Crippen molar-refractivity contribution in [2.24, 2.45) is 0 Å². The van der Waals surface area contributed by atoms with Crippen LogP contribution in [0.2, 0.25) is 0 Å². The number of amides is 1. The van der Waals surface area contributed by atoms with Crippen molar-refractivity contribution in [2.75, 3.05) is 6.54 Å². The molecular formula is C8H15NO3. The molecule has 0 saturated carbocycles. The van der Waals surface area contributed by atoms with Crippen LogP contribution in [0.3, 0.4) is 0 Å². The molecule has 0 saturated heterocycles. The zero-order chi connectivity index (χ0) is 9.72.